The monoisotopic (exact) mass is 301 g/mol. The van der Waals surface area contributed by atoms with E-state index in [0.29, 0.717) is 18.9 Å². The summed E-state index contributed by atoms with van der Waals surface area (Å²) in [5.41, 5.74) is 0.939. The third-order valence-corrected chi connectivity index (χ3v) is 3.84. The van der Waals surface area contributed by atoms with Gasteiger partial charge in [0.25, 0.3) is 0 Å². The number of fused-ring (bicyclic) bond motifs is 1. The molecule has 0 radical (unpaired) electrons. The number of para-hydroxylation sites is 1. The number of hydrogen-bond acceptors (Lipinski definition) is 5. The van der Waals surface area contributed by atoms with E-state index in [1.165, 1.54) is 0 Å². The molecular weight excluding hydrogens is 282 g/mol. The van der Waals surface area contributed by atoms with Crippen molar-refractivity contribution in [3.05, 3.63) is 35.7 Å². The van der Waals surface area contributed by atoms with Crippen molar-refractivity contribution < 1.29 is 9.53 Å². The van der Waals surface area contributed by atoms with Gasteiger partial charge >= 0.3 is 0 Å². The lowest BCUT2D eigenvalue weighted by Crippen LogP contribution is -2.35. The first-order chi connectivity index (χ1) is 10.8. The van der Waals surface area contributed by atoms with E-state index >= 15 is 0 Å². The Morgan fingerprint density at radius 3 is 3.14 bits per heavy atom. The lowest BCUT2D eigenvalue weighted by atomic mass is 9.92. The summed E-state index contributed by atoms with van der Waals surface area (Å²) in [4.78, 5) is 12.7. The van der Waals surface area contributed by atoms with Crippen molar-refractivity contribution >= 4 is 5.91 Å². The van der Waals surface area contributed by atoms with Crippen LogP contribution in [0.25, 0.3) is 0 Å². The van der Waals surface area contributed by atoms with Gasteiger partial charge in [0.05, 0.1) is 18.6 Å². The van der Waals surface area contributed by atoms with Crippen LogP contribution in [0, 0.1) is 0 Å². The van der Waals surface area contributed by atoms with Gasteiger partial charge in [0.2, 0.25) is 5.91 Å². The Balaban J connectivity index is 1.77. The minimum atomic E-state index is -0.216. The van der Waals surface area contributed by atoms with Crippen LogP contribution in [-0.2, 0) is 4.79 Å². The number of benzene rings is 1. The Labute approximate surface area is 128 Å². The minimum Gasteiger partial charge on any atom is -0.493 e. The number of amides is 1. The molecule has 0 saturated carbocycles. The van der Waals surface area contributed by atoms with Crippen molar-refractivity contribution in [1.82, 2.24) is 25.9 Å². The number of ether oxygens (including phenoxy) is 1. The second-order valence-corrected chi connectivity index (χ2v) is 5.35. The maximum absolute atomic E-state index is 12.7. The van der Waals surface area contributed by atoms with E-state index in [0.717, 1.165) is 24.2 Å². The molecule has 3 rings (SSSR count). The highest BCUT2D eigenvalue weighted by Gasteiger charge is 2.29. The van der Waals surface area contributed by atoms with E-state index in [1.54, 1.807) is 0 Å². The zero-order valence-corrected chi connectivity index (χ0v) is 12.5. The molecule has 0 fully saturated rings. The van der Waals surface area contributed by atoms with Crippen LogP contribution in [0.4, 0.5) is 0 Å². The normalized spacial score (nSPS) is 18.1. The first kappa shape index (κ1) is 14.5. The minimum absolute atomic E-state index is 0.0148. The molecule has 7 heteroatoms. The summed E-state index contributed by atoms with van der Waals surface area (Å²) >= 11 is 0. The predicted molar refractivity (Wildman–Crippen MR) is 79.3 cm³/mol. The molecular formula is C15H19N5O2. The average molecular weight is 301 g/mol. The lowest BCUT2D eigenvalue weighted by Gasteiger charge is -2.26. The Hall–Kier alpha value is -2.44. The number of hydrogen-bond donors (Lipinski definition) is 2. The highest BCUT2D eigenvalue weighted by atomic mass is 16.5. The molecule has 0 saturated heterocycles. The predicted octanol–water partition coefficient (Wildman–Crippen LogP) is 1.72. The first-order valence-electron chi connectivity index (χ1n) is 7.55. The summed E-state index contributed by atoms with van der Waals surface area (Å²) in [5, 5.41) is 17.0. The number of nitrogens with zero attached hydrogens (tertiary/aromatic N) is 3. The summed E-state index contributed by atoms with van der Waals surface area (Å²) in [7, 11) is 0. The van der Waals surface area contributed by atoms with Crippen molar-refractivity contribution in [2.75, 3.05) is 6.61 Å². The van der Waals surface area contributed by atoms with Crippen LogP contribution in [0.1, 0.15) is 49.5 Å². The molecule has 0 bridgehead atoms. The molecule has 1 aliphatic heterocycles. The fourth-order valence-electron chi connectivity index (χ4n) is 2.76. The summed E-state index contributed by atoms with van der Waals surface area (Å²) in [6, 6.07) is 7.47. The molecule has 1 aromatic heterocycles. The number of rotatable bonds is 5. The molecule has 7 nitrogen and oxygen atoms in total. The van der Waals surface area contributed by atoms with Crippen molar-refractivity contribution in [2.24, 2.45) is 0 Å². The van der Waals surface area contributed by atoms with Gasteiger partial charge < -0.3 is 10.1 Å². The molecule has 0 aliphatic carbocycles. The van der Waals surface area contributed by atoms with Gasteiger partial charge in [0, 0.05) is 5.56 Å². The maximum Gasteiger partial charge on any atom is 0.228 e. The second-order valence-electron chi connectivity index (χ2n) is 5.35. The molecule has 0 unspecified atom stereocenters. The first-order valence-corrected chi connectivity index (χ1v) is 7.55. The molecule has 1 amide bonds. The van der Waals surface area contributed by atoms with Crippen LogP contribution in [0.5, 0.6) is 5.75 Å². The zero-order chi connectivity index (χ0) is 15.4. The van der Waals surface area contributed by atoms with Crippen molar-refractivity contribution in [1.29, 1.82) is 0 Å². The number of carbonyl (C=O) groups is 1. The molecule has 116 valence electrons. The number of tetrazole rings is 1. The number of carbonyl (C=O) groups excluding carboxylic acids is 1. The molecule has 1 aromatic carbocycles. The molecule has 2 aromatic rings. The van der Waals surface area contributed by atoms with Crippen LogP contribution in [0.3, 0.4) is 0 Å². The molecule has 0 spiro atoms. The third-order valence-electron chi connectivity index (χ3n) is 3.84. The summed E-state index contributed by atoms with van der Waals surface area (Å²) in [6.07, 6.45) is 2.37. The van der Waals surface area contributed by atoms with E-state index in [4.69, 9.17) is 4.74 Å². The van der Waals surface area contributed by atoms with E-state index in [-0.39, 0.29) is 17.9 Å². The van der Waals surface area contributed by atoms with Gasteiger partial charge in [-0.2, -0.15) is 5.21 Å². The van der Waals surface area contributed by atoms with Crippen LogP contribution < -0.4 is 10.1 Å². The Bertz CT molecular complexity index is 629. The Kier molecular flexibility index (Phi) is 4.32. The number of aromatic nitrogens is 4. The average Bonchev–Trinajstić information content (AvgIpc) is 3.08. The molecule has 2 heterocycles. The number of H-pyrrole nitrogens is 1. The van der Waals surface area contributed by atoms with E-state index in [9.17, 15) is 4.79 Å². The van der Waals surface area contributed by atoms with Gasteiger partial charge in [-0.15, -0.1) is 10.2 Å². The zero-order valence-electron chi connectivity index (χ0n) is 12.5. The van der Waals surface area contributed by atoms with Gasteiger partial charge in [-0.3, -0.25) is 4.79 Å². The van der Waals surface area contributed by atoms with Gasteiger partial charge in [-0.25, -0.2) is 0 Å². The van der Waals surface area contributed by atoms with Crippen molar-refractivity contribution in [3.63, 3.8) is 0 Å². The van der Waals surface area contributed by atoms with Crippen LogP contribution in [0.2, 0.25) is 0 Å². The van der Waals surface area contributed by atoms with E-state index in [1.807, 2.05) is 24.3 Å². The maximum atomic E-state index is 12.7. The van der Waals surface area contributed by atoms with Crippen molar-refractivity contribution in [2.45, 2.75) is 38.1 Å². The quantitative estimate of drug-likeness (QED) is 0.877. The highest BCUT2D eigenvalue weighted by molar-refractivity contribution is 5.85. The van der Waals surface area contributed by atoms with Crippen LogP contribution in [-0.4, -0.2) is 33.1 Å². The number of aromatic amines is 1. The molecule has 1 aliphatic rings. The SMILES string of the molecule is CCC[C@@H](NC(=O)[C@@H]1CCOc2ccccc21)c1nn[nH]n1. The van der Waals surface area contributed by atoms with Gasteiger partial charge in [-0.1, -0.05) is 36.8 Å². The largest absolute Gasteiger partial charge is 0.493 e. The second kappa shape index (κ2) is 6.55. The van der Waals surface area contributed by atoms with Gasteiger partial charge in [0.15, 0.2) is 5.82 Å². The number of nitrogens with one attached hydrogen (secondary N) is 2. The van der Waals surface area contributed by atoms with Gasteiger partial charge in [-0.05, 0) is 18.9 Å². The lowest BCUT2D eigenvalue weighted by molar-refractivity contribution is -0.124. The molecule has 2 N–H and O–H groups in total. The Morgan fingerprint density at radius 2 is 2.36 bits per heavy atom. The van der Waals surface area contributed by atoms with Crippen LogP contribution >= 0.6 is 0 Å². The third kappa shape index (κ3) is 2.93. The fourth-order valence-corrected chi connectivity index (χ4v) is 2.76. The molecule has 2 atom stereocenters. The molecule has 22 heavy (non-hydrogen) atoms. The Morgan fingerprint density at radius 1 is 1.50 bits per heavy atom. The topological polar surface area (TPSA) is 92.8 Å². The van der Waals surface area contributed by atoms with Gasteiger partial charge in [0.1, 0.15) is 5.75 Å². The van der Waals surface area contributed by atoms with E-state index in [2.05, 4.69) is 32.9 Å². The summed E-state index contributed by atoms with van der Waals surface area (Å²) < 4.78 is 5.61. The van der Waals surface area contributed by atoms with Crippen molar-refractivity contribution in [3.8, 4) is 5.75 Å². The fraction of sp³-hybridized carbons (Fsp3) is 0.467. The van der Waals surface area contributed by atoms with Crippen LogP contribution in [0.15, 0.2) is 24.3 Å². The highest BCUT2D eigenvalue weighted by Crippen LogP contribution is 2.33. The summed E-state index contributed by atoms with van der Waals surface area (Å²) in [5.74, 6) is 1.10. The van der Waals surface area contributed by atoms with E-state index < -0.39 is 0 Å². The standard InChI is InChI=1S/C15H19N5O2/c1-2-5-12(14-17-19-20-18-14)16-15(21)11-8-9-22-13-7-4-3-6-10(11)13/h3-4,6-7,11-12H,2,5,8-9H2,1H3,(H,16,21)(H,17,18,19,20)/t11-,12-/m1/s1. The smallest absolute Gasteiger partial charge is 0.228 e. The summed E-state index contributed by atoms with van der Waals surface area (Å²) in [6.45, 7) is 2.61.